The first-order chi connectivity index (χ1) is 31.2. The smallest absolute Gasteiger partial charge is 0.143 e. The minimum Gasteiger partial charge on any atom is -0.455 e. The number of hydrogen-bond donors (Lipinski definition) is 0. The van der Waals surface area contributed by atoms with Crippen molar-refractivity contribution in [2.75, 3.05) is 4.90 Å². The van der Waals surface area contributed by atoms with Gasteiger partial charge in [-0.3, -0.25) is 0 Å². The molecule has 2 heterocycles. The summed E-state index contributed by atoms with van der Waals surface area (Å²) in [6.45, 7) is 0. The van der Waals surface area contributed by atoms with Crippen LogP contribution in [0.3, 0.4) is 0 Å². The van der Waals surface area contributed by atoms with E-state index in [-0.39, 0.29) is 0 Å². The van der Waals surface area contributed by atoms with Gasteiger partial charge in [-0.15, -0.1) is 0 Å². The van der Waals surface area contributed by atoms with Crippen molar-refractivity contribution in [3.8, 4) is 27.9 Å². The van der Waals surface area contributed by atoms with Crippen molar-refractivity contribution in [2.45, 2.75) is 0 Å². The average molecular weight is 803 g/mol. The lowest BCUT2D eigenvalue weighted by Gasteiger charge is -2.27. The molecule has 0 unspecified atom stereocenters. The molecular weight excluding hydrogens is 765 g/mol. The van der Waals surface area contributed by atoms with E-state index >= 15 is 0 Å². The fraction of sp³-hybridized carbons (Fsp3) is 0. The second-order valence-corrected chi connectivity index (χ2v) is 16.5. The highest BCUT2D eigenvalue weighted by atomic mass is 16.3. The third kappa shape index (κ3) is 5.60. The van der Waals surface area contributed by atoms with E-state index in [0.29, 0.717) is 0 Å². The lowest BCUT2D eigenvalue weighted by molar-refractivity contribution is 0.672. The Bertz CT molecular complexity index is 3910. The largest absolute Gasteiger partial charge is 0.455 e. The molecule has 13 rings (SSSR count). The summed E-state index contributed by atoms with van der Waals surface area (Å²) < 4.78 is 9.30. The van der Waals surface area contributed by atoms with E-state index in [1.807, 2.05) is 0 Å². The minimum atomic E-state index is 0.856. The Morgan fingerprint density at radius 1 is 0.349 bits per heavy atom. The molecule has 0 aliphatic carbocycles. The van der Waals surface area contributed by atoms with Crippen LogP contribution in [0.15, 0.2) is 235 Å². The maximum absolute atomic E-state index is 6.83. The van der Waals surface area contributed by atoms with E-state index in [9.17, 15) is 0 Å². The van der Waals surface area contributed by atoms with E-state index in [0.717, 1.165) is 66.5 Å². The zero-order valence-electron chi connectivity index (χ0n) is 34.2. The van der Waals surface area contributed by atoms with Crippen molar-refractivity contribution in [1.82, 2.24) is 4.57 Å². The fourth-order valence-corrected chi connectivity index (χ4v) is 10.0. The third-order valence-corrected chi connectivity index (χ3v) is 12.9. The molecule has 0 radical (unpaired) electrons. The molecule has 13 aromatic rings. The molecule has 294 valence electrons. The monoisotopic (exact) mass is 802 g/mol. The predicted octanol–water partition coefficient (Wildman–Crippen LogP) is 16.9. The van der Waals surface area contributed by atoms with Gasteiger partial charge in [-0.05, 0) is 104 Å². The summed E-state index contributed by atoms with van der Waals surface area (Å²) in [5.41, 5.74) is 13.2. The Morgan fingerprint density at radius 2 is 0.937 bits per heavy atom. The van der Waals surface area contributed by atoms with Gasteiger partial charge in [-0.2, -0.15) is 0 Å². The van der Waals surface area contributed by atoms with E-state index in [4.69, 9.17) is 4.42 Å². The highest BCUT2D eigenvalue weighted by Crippen LogP contribution is 2.49. The molecule has 0 aliphatic rings. The molecule has 0 spiro atoms. The Balaban J connectivity index is 1.09. The molecule has 0 bridgehead atoms. The van der Waals surface area contributed by atoms with Gasteiger partial charge >= 0.3 is 0 Å². The number of aromatic nitrogens is 1. The quantitative estimate of drug-likeness (QED) is 0.167. The number of anilines is 3. The lowest BCUT2D eigenvalue weighted by Crippen LogP contribution is -2.11. The fourth-order valence-electron chi connectivity index (χ4n) is 10.0. The average Bonchev–Trinajstić information content (AvgIpc) is 3.92. The maximum Gasteiger partial charge on any atom is 0.143 e. The molecule has 0 N–H and O–H groups in total. The Kier molecular flexibility index (Phi) is 7.91. The zero-order valence-corrected chi connectivity index (χ0v) is 34.2. The molecule has 63 heavy (non-hydrogen) atoms. The number of furan rings is 1. The summed E-state index contributed by atoms with van der Waals surface area (Å²) in [7, 11) is 0. The van der Waals surface area contributed by atoms with Gasteiger partial charge in [0.15, 0.2) is 0 Å². The predicted molar refractivity (Wildman–Crippen MR) is 266 cm³/mol. The van der Waals surface area contributed by atoms with E-state index in [1.165, 1.54) is 54.5 Å². The van der Waals surface area contributed by atoms with Crippen LogP contribution < -0.4 is 4.90 Å². The van der Waals surface area contributed by atoms with Crippen LogP contribution in [0, 0.1) is 0 Å². The summed E-state index contributed by atoms with van der Waals surface area (Å²) in [6.07, 6.45) is 0. The molecule has 2 aromatic heterocycles. The van der Waals surface area contributed by atoms with Crippen LogP contribution in [0.25, 0.3) is 104 Å². The Hall–Kier alpha value is -8.40. The SMILES string of the molecule is c1ccc(-c2cccc(-c3ccc(N(c4cccc5oc6c7ccccc7ccc6c45)c4cccc5c4c4ccc6ccccc6c4n5-c4ccc5ccccc5c4)cc3)c2)cc1. The van der Waals surface area contributed by atoms with Crippen LogP contribution in [-0.4, -0.2) is 4.57 Å². The van der Waals surface area contributed by atoms with Crippen LogP contribution in [-0.2, 0) is 0 Å². The van der Waals surface area contributed by atoms with Gasteiger partial charge in [0.05, 0.1) is 27.8 Å². The molecule has 0 saturated carbocycles. The summed E-state index contributed by atoms with van der Waals surface area (Å²) in [4.78, 5) is 2.46. The normalized spacial score (nSPS) is 11.8. The van der Waals surface area contributed by atoms with Crippen LogP contribution in [0.5, 0.6) is 0 Å². The van der Waals surface area contributed by atoms with Crippen molar-refractivity contribution < 1.29 is 4.42 Å². The first kappa shape index (κ1) is 35.4. The number of nitrogens with zero attached hydrogens (tertiary/aromatic N) is 2. The number of fused-ring (bicyclic) bond motifs is 11. The zero-order chi connectivity index (χ0) is 41.4. The first-order valence-electron chi connectivity index (χ1n) is 21.6. The van der Waals surface area contributed by atoms with Crippen LogP contribution >= 0.6 is 0 Å². The third-order valence-electron chi connectivity index (χ3n) is 12.9. The molecular formula is C60H38N2O. The van der Waals surface area contributed by atoms with Gasteiger partial charge in [0.25, 0.3) is 0 Å². The number of hydrogen-bond acceptors (Lipinski definition) is 2. The van der Waals surface area contributed by atoms with E-state index < -0.39 is 0 Å². The molecule has 0 saturated heterocycles. The van der Waals surface area contributed by atoms with E-state index in [1.54, 1.807) is 0 Å². The van der Waals surface area contributed by atoms with Crippen LogP contribution in [0.1, 0.15) is 0 Å². The van der Waals surface area contributed by atoms with E-state index in [2.05, 4.69) is 240 Å². The highest BCUT2D eigenvalue weighted by Gasteiger charge is 2.25. The lowest BCUT2D eigenvalue weighted by atomic mass is 9.98. The second kappa shape index (κ2) is 14.1. The molecule has 0 atom stereocenters. The van der Waals surface area contributed by atoms with Gasteiger partial charge in [0, 0.05) is 38.3 Å². The molecule has 3 nitrogen and oxygen atoms in total. The van der Waals surface area contributed by atoms with Gasteiger partial charge in [0.2, 0.25) is 0 Å². The summed E-state index contributed by atoms with van der Waals surface area (Å²) >= 11 is 0. The Morgan fingerprint density at radius 3 is 1.73 bits per heavy atom. The molecule has 0 fully saturated rings. The topological polar surface area (TPSA) is 21.3 Å². The van der Waals surface area contributed by atoms with Gasteiger partial charge in [-0.1, -0.05) is 170 Å². The summed E-state index contributed by atoms with van der Waals surface area (Å²) in [6, 6.07) is 83.5. The van der Waals surface area contributed by atoms with Crippen molar-refractivity contribution >= 4 is 93.1 Å². The highest BCUT2D eigenvalue weighted by molar-refractivity contribution is 6.25. The van der Waals surface area contributed by atoms with Gasteiger partial charge in [0.1, 0.15) is 11.2 Å². The number of rotatable bonds is 6. The van der Waals surface area contributed by atoms with Crippen molar-refractivity contribution in [3.63, 3.8) is 0 Å². The van der Waals surface area contributed by atoms with Crippen LogP contribution in [0.2, 0.25) is 0 Å². The minimum absolute atomic E-state index is 0.856. The molecule has 3 heteroatoms. The van der Waals surface area contributed by atoms with Gasteiger partial charge in [-0.25, -0.2) is 0 Å². The second-order valence-electron chi connectivity index (χ2n) is 16.5. The molecule has 11 aromatic carbocycles. The Labute approximate surface area is 363 Å². The number of benzene rings is 11. The van der Waals surface area contributed by atoms with Crippen molar-refractivity contribution in [3.05, 3.63) is 231 Å². The molecule has 0 aliphatic heterocycles. The molecule has 0 amide bonds. The van der Waals surface area contributed by atoms with Crippen LogP contribution in [0.4, 0.5) is 17.1 Å². The van der Waals surface area contributed by atoms with Crippen molar-refractivity contribution in [2.24, 2.45) is 0 Å². The first-order valence-corrected chi connectivity index (χ1v) is 21.6. The van der Waals surface area contributed by atoms with Gasteiger partial charge < -0.3 is 13.9 Å². The standard InChI is InChI=1S/C60H38N2O/c1-2-13-39(14-3-1)44-19-10-20-45(37-44)41-27-32-47(33-28-41)61(55-25-12-26-56-58(55)52-36-31-43-17-7-9-22-50(43)60(52)63-56)53-23-11-24-54-57(53)51-35-30-42-16-6-8-21-49(42)59(51)62(54)48-34-29-40-15-4-5-18-46(40)38-48/h1-38H. The summed E-state index contributed by atoms with van der Waals surface area (Å²) in [5.74, 6) is 0. The summed E-state index contributed by atoms with van der Waals surface area (Å²) in [5, 5.41) is 11.7. The maximum atomic E-state index is 6.83. The van der Waals surface area contributed by atoms with Crippen molar-refractivity contribution in [1.29, 1.82) is 0 Å².